The first-order valence-electron chi connectivity index (χ1n) is 11.1. The van der Waals surface area contributed by atoms with Crippen LogP contribution in [0.4, 0.5) is 0 Å². The van der Waals surface area contributed by atoms with E-state index in [2.05, 4.69) is 10.6 Å². The summed E-state index contributed by atoms with van der Waals surface area (Å²) >= 11 is 0. The van der Waals surface area contributed by atoms with Crippen molar-refractivity contribution >= 4 is 21.8 Å². The molecular weight excluding hydrogens is 442 g/mol. The molecule has 1 heterocycles. The number of carbonyl (C=O) groups excluding carboxylic acids is 2. The molecule has 9 heteroatoms. The molecule has 1 fully saturated rings. The zero-order valence-corrected chi connectivity index (χ0v) is 19.9. The summed E-state index contributed by atoms with van der Waals surface area (Å²) in [7, 11) is -1.96. The van der Waals surface area contributed by atoms with Crippen LogP contribution in [-0.2, 0) is 26.2 Å². The third kappa shape index (κ3) is 6.79. The summed E-state index contributed by atoms with van der Waals surface area (Å²) in [6, 6.07) is 13.3. The highest BCUT2D eigenvalue weighted by Crippen LogP contribution is 2.22. The van der Waals surface area contributed by atoms with Gasteiger partial charge in [-0.2, -0.15) is 4.31 Å². The minimum atomic E-state index is -3.53. The summed E-state index contributed by atoms with van der Waals surface area (Å²) < 4.78 is 32.5. The molecule has 33 heavy (non-hydrogen) atoms. The Morgan fingerprint density at radius 1 is 1.06 bits per heavy atom. The molecule has 8 nitrogen and oxygen atoms in total. The fraction of sp³-hybridized carbons (Fsp3) is 0.417. The van der Waals surface area contributed by atoms with Gasteiger partial charge in [-0.05, 0) is 48.2 Å². The standard InChI is InChI=1S/C24H31N3O5S/c1-18(28)26-23(20-9-11-21(32-2)12-10-20)16-24(29)25-17-19-7-6-8-22(15-19)33(30,31)27-13-4-3-5-14-27/h6-12,15,23H,3-5,13-14,16-17H2,1-2H3,(H,25,29)(H,26,28). The van der Waals surface area contributed by atoms with Gasteiger partial charge in [-0.3, -0.25) is 9.59 Å². The van der Waals surface area contributed by atoms with Gasteiger partial charge < -0.3 is 15.4 Å². The van der Waals surface area contributed by atoms with E-state index in [4.69, 9.17) is 4.74 Å². The first-order valence-corrected chi connectivity index (χ1v) is 12.5. The molecule has 1 unspecified atom stereocenters. The van der Waals surface area contributed by atoms with Crippen LogP contribution < -0.4 is 15.4 Å². The van der Waals surface area contributed by atoms with Gasteiger partial charge in [0.1, 0.15) is 5.75 Å². The number of hydrogen-bond acceptors (Lipinski definition) is 5. The predicted molar refractivity (Wildman–Crippen MR) is 125 cm³/mol. The SMILES string of the molecule is COc1ccc(C(CC(=O)NCc2cccc(S(=O)(=O)N3CCCCC3)c2)NC(C)=O)cc1. The molecule has 1 aliphatic rings. The van der Waals surface area contributed by atoms with Crippen LogP contribution in [0.5, 0.6) is 5.75 Å². The van der Waals surface area contributed by atoms with Gasteiger partial charge in [0.25, 0.3) is 0 Å². The third-order valence-corrected chi connectivity index (χ3v) is 7.52. The molecular formula is C24H31N3O5S. The lowest BCUT2D eigenvalue weighted by Crippen LogP contribution is -2.35. The van der Waals surface area contributed by atoms with Crippen LogP contribution in [0.25, 0.3) is 0 Å². The minimum absolute atomic E-state index is 0.0532. The van der Waals surface area contributed by atoms with E-state index in [0.717, 1.165) is 24.8 Å². The minimum Gasteiger partial charge on any atom is -0.497 e. The van der Waals surface area contributed by atoms with Gasteiger partial charge in [0, 0.05) is 26.6 Å². The molecule has 2 N–H and O–H groups in total. The smallest absolute Gasteiger partial charge is 0.243 e. The number of carbonyl (C=O) groups is 2. The van der Waals surface area contributed by atoms with Crippen LogP contribution in [-0.4, -0.2) is 44.7 Å². The summed E-state index contributed by atoms with van der Waals surface area (Å²) in [5, 5.41) is 5.63. The Kier molecular flexibility index (Phi) is 8.46. The molecule has 0 bridgehead atoms. The van der Waals surface area contributed by atoms with Crippen LogP contribution in [0.15, 0.2) is 53.4 Å². The quantitative estimate of drug-likeness (QED) is 0.583. The van der Waals surface area contributed by atoms with E-state index in [1.165, 1.54) is 11.2 Å². The molecule has 0 aromatic heterocycles. The van der Waals surface area contributed by atoms with Crippen molar-refractivity contribution in [3.63, 3.8) is 0 Å². The second kappa shape index (κ2) is 11.3. The van der Waals surface area contributed by atoms with E-state index in [9.17, 15) is 18.0 Å². The van der Waals surface area contributed by atoms with Crippen molar-refractivity contribution in [1.29, 1.82) is 0 Å². The highest BCUT2D eigenvalue weighted by molar-refractivity contribution is 7.89. The molecule has 2 aromatic carbocycles. The van der Waals surface area contributed by atoms with Crippen LogP contribution in [0, 0.1) is 0 Å². The maximum Gasteiger partial charge on any atom is 0.243 e. The number of ether oxygens (including phenoxy) is 1. The molecule has 3 rings (SSSR count). The van der Waals surface area contributed by atoms with Gasteiger partial charge in [0.2, 0.25) is 21.8 Å². The summed E-state index contributed by atoms with van der Waals surface area (Å²) in [6.07, 6.45) is 2.85. The lowest BCUT2D eigenvalue weighted by atomic mass is 10.0. The number of sulfonamides is 1. The summed E-state index contributed by atoms with van der Waals surface area (Å²) in [5.41, 5.74) is 1.48. The van der Waals surface area contributed by atoms with Gasteiger partial charge in [0.15, 0.2) is 0 Å². The lowest BCUT2D eigenvalue weighted by molar-refractivity contribution is -0.122. The molecule has 2 aromatic rings. The molecule has 178 valence electrons. The van der Waals surface area contributed by atoms with Gasteiger partial charge >= 0.3 is 0 Å². The lowest BCUT2D eigenvalue weighted by Gasteiger charge is -2.26. The fourth-order valence-corrected chi connectivity index (χ4v) is 5.45. The maximum atomic E-state index is 12.9. The zero-order valence-electron chi connectivity index (χ0n) is 19.0. The number of benzene rings is 2. The molecule has 0 saturated carbocycles. The van der Waals surface area contributed by atoms with E-state index < -0.39 is 16.1 Å². The second-order valence-corrected chi connectivity index (χ2v) is 10.1. The van der Waals surface area contributed by atoms with Crippen molar-refractivity contribution in [2.24, 2.45) is 0 Å². The van der Waals surface area contributed by atoms with Gasteiger partial charge in [-0.25, -0.2) is 8.42 Å². The molecule has 0 spiro atoms. The average molecular weight is 474 g/mol. The largest absolute Gasteiger partial charge is 0.497 e. The van der Waals surface area contributed by atoms with Gasteiger partial charge in [-0.1, -0.05) is 30.7 Å². The molecule has 1 saturated heterocycles. The van der Waals surface area contributed by atoms with E-state index >= 15 is 0 Å². The molecule has 1 aliphatic heterocycles. The van der Waals surface area contributed by atoms with Crippen molar-refractivity contribution in [2.45, 2.75) is 50.1 Å². The number of hydrogen-bond donors (Lipinski definition) is 2. The number of piperidine rings is 1. The van der Waals surface area contributed by atoms with Crippen LogP contribution in [0.1, 0.15) is 49.8 Å². The molecule has 0 radical (unpaired) electrons. The van der Waals surface area contributed by atoms with Crippen LogP contribution in [0.2, 0.25) is 0 Å². The van der Waals surface area contributed by atoms with Gasteiger partial charge in [0.05, 0.1) is 24.5 Å². The van der Waals surface area contributed by atoms with E-state index in [0.29, 0.717) is 24.4 Å². The average Bonchev–Trinajstić information content (AvgIpc) is 2.83. The Morgan fingerprint density at radius 2 is 1.76 bits per heavy atom. The van der Waals surface area contributed by atoms with Crippen molar-refractivity contribution in [3.8, 4) is 5.75 Å². The second-order valence-electron chi connectivity index (χ2n) is 8.12. The maximum absolute atomic E-state index is 12.9. The monoisotopic (exact) mass is 473 g/mol. The van der Waals surface area contributed by atoms with Crippen molar-refractivity contribution in [2.75, 3.05) is 20.2 Å². The number of nitrogens with one attached hydrogen (secondary N) is 2. The van der Waals surface area contributed by atoms with E-state index in [1.54, 1.807) is 43.5 Å². The van der Waals surface area contributed by atoms with Crippen LogP contribution in [0.3, 0.4) is 0 Å². The first kappa shape index (κ1) is 24.7. The molecule has 0 aliphatic carbocycles. The van der Waals surface area contributed by atoms with Crippen molar-refractivity contribution in [3.05, 3.63) is 59.7 Å². The number of rotatable bonds is 9. The number of methoxy groups -OCH3 is 1. The summed E-state index contributed by atoms with van der Waals surface area (Å²) in [4.78, 5) is 24.5. The number of nitrogens with zero attached hydrogens (tertiary/aromatic N) is 1. The van der Waals surface area contributed by atoms with Crippen molar-refractivity contribution in [1.82, 2.24) is 14.9 Å². The third-order valence-electron chi connectivity index (χ3n) is 5.63. The van der Waals surface area contributed by atoms with Crippen LogP contribution >= 0.6 is 0 Å². The summed E-state index contributed by atoms with van der Waals surface area (Å²) in [5.74, 6) is 0.192. The van der Waals surface area contributed by atoms with E-state index in [1.807, 2.05) is 12.1 Å². The van der Waals surface area contributed by atoms with Crippen molar-refractivity contribution < 1.29 is 22.7 Å². The fourth-order valence-electron chi connectivity index (χ4n) is 3.86. The normalized spacial score (nSPS) is 15.5. The first-order chi connectivity index (χ1) is 15.8. The predicted octanol–water partition coefficient (Wildman–Crippen LogP) is 2.75. The Bertz CT molecular complexity index is 1060. The Balaban J connectivity index is 1.64. The molecule has 1 atom stereocenters. The zero-order chi connectivity index (χ0) is 23.8. The summed E-state index contributed by atoms with van der Waals surface area (Å²) in [6.45, 7) is 2.68. The van der Waals surface area contributed by atoms with E-state index in [-0.39, 0.29) is 29.7 Å². The topological polar surface area (TPSA) is 105 Å². The Morgan fingerprint density at radius 3 is 2.39 bits per heavy atom. The highest BCUT2D eigenvalue weighted by Gasteiger charge is 2.26. The number of amides is 2. The molecule has 2 amide bonds. The Hall–Kier alpha value is -2.91. The van der Waals surface area contributed by atoms with Gasteiger partial charge in [-0.15, -0.1) is 0 Å². The Labute approximate surface area is 195 Å². The highest BCUT2D eigenvalue weighted by atomic mass is 32.2.